The molecule has 4 fully saturated rings. The van der Waals surface area contributed by atoms with Crippen LogP contribution in [0.2, 0.25) is 0 Å². The highest BCUT2D eigenvalue weighted by atomic mass is 32.2. The minimum Gasteiger partial charge on any atom is -0.396 e. The van der Waals surface area contributed by atoms with Crippen molar-refractivity contribution in [2.75, 3.05) is 72.2 Å². The van der Waals surface area contributed by atoms with Crippen molar-refractivity contribution in [1.82, 2.24) is 19.6 Å². The van der Waals surface area contributed by atoms with Crippen LogP contribution in [-0.2, 0) is 19.1 Å². The Kier molecular flexibility index (Phi) is 11.1. The lowest BCUT2D eigenvalue weighted by Gasteiger charge is -2.38. The van der Waals surface area contributed by atoms with E-state index in [0.29, 0.717) is 52.4 Å². The number of carbonyl (C=O) groups excluding carboxylic acids is 3. The molecule has 4 saturated heterocycles. The van der Waals surface area contributed by atoms with Crippen molar-refractivity contribution in [2.24, 2.45) is 11.8 Å². The third-order valence-corrected chi connectivity index (χ3v) is 10.9. The summed E-state index contributed by atoms with van der Waals surface area (Å²) in [7, 11) is 0. The normalized spacial score (nSPS) is 29.4. The Balaban J connectivity index is 1.62. The van der Waals surface area contributed by atoms with E-state index in [1.807, 2.05) is 14.7 Å². The Labute approximate surface area is 243 Å². The first-order chi connectivity index (χ1) is 19.4. The molecule has 0 aromatic heterocycles. The number of hydrogen-bond donors (Lipinski definition) is 1. The van der Waals surface area contributed by atoms with Gasteiger partial charge in [-0.2, -0.15) is 0 Å². The van der Waals surface area contributed by atoms with Crippen LogP contribution in [0.5, 0.6) is 0 Å². The van der Waals surface area contributed by atoms with Crippen LogP contribution in [0.15, 0.2) is 25.3 Å². The lowest BCUT2D eigenvalue weighted by Crippen LogP contribution is -2.56. The Morgan fingerprint density at radius 2 is 1.77 bits per heavy atom. The molecule has 4 rings (SSSR count). The fourth-order valence-electron chi connectivity index (χ4n) is 7.16. The van der Waals surface area contributed by atoms with Gasteiger partial charge in [0.2, 0.25) is 17.7 Å². The smallest absolute Gasteiger partial charge is 0.247 e. The Morgan fingerprint density at radius 1 is 1.07 bits per heavy atom. The summed E-state index contributed by atoms with van der Waals surface area (Å²) in [5.41, 5.74) is 0. The Bertz CT molecular complexity index is 928. The van der Waals surface area contributed by atoms with Gasteiger partial charge in [-0.15, -0.1) is 24.9 Å². The predicted molar refractivity (Wildman–Crippen MR) is 158 cm³/mol. The number of amides is 3. The van der Waals surface area contributed by atoms with Crippen LogP contribution in [0.25, 0.3) is 0 Å². The zero-order valence-corrected chi connectivity index (χ0v) is 25.0. The minimum atomic E-state index is -0.587. The number of hydrogen-bond acceptors (Lipinski definition) is 7. The summed E-state index contributed by atoms with van der Waals surface area (Å²) in [5, 5.41) is 9.34. The van der Waals surface area contributed by atoms with Gasteiger partial charge in [0.05, 0.1) is 29.8 Å². The van der Waals surface area contributed by atoms with E-state index >= 15 is 0 Å². The average Bonchev–Trinajstić information content (AvgIpc) is 3.60. The largest absolute Gasteiger partial charge is 0.396 e. The van der Waals surface area contributed by atoms with E-state index in [1.54, 1.807) is 23.9 Å². The van der Waals surface area contributed by atoms with Crippen molar-refractivity contribution < 1.29 is 24.2 Å². The SMILES string of the molecule is C=CCN(CCN1CCOCC1)C(=O)C1N(CCCCCO)C(=O)[C@@H]2[C@H](C(=O)N(CC=C)CCC)[C@@H]3CCC12S3. The molecule has 2 unspecified atom stereocenters. The number of aliphatic hydroxyl groups excluding tert-OH is 1. The summed E-state index contributed by atoms with van der Waals surface area (Å²) < 4.78 is 4.90. The van der Waals surface area contributed by atoms with Crippen molar-refractivity contribution in [3.05, 3.63) is 25.3 Å². The Morgan fingerprint density at radius 3 is 2.42 bits per heavy atom. The molecule has 0 saturated carbocycles. The molecule has 1 N–H and O–H groups in total. The van der Waals surface area contributed by atoms with Crippen LogP contribution in [0, 0.1) is 11.8 Å². The van der Waals surface area contributed by atoms with Gasteiger partial charge in [-0.1, -0.05) is 19.1 Å². The zero-order chi connectivity index (χ0) is 28.7. The zero-order valence-electron chi connectivity index (χ0n) is 24.2. The maximum absolute atomic E-state index is 14.5. The van der Waals surface area contributed by atoms with Crippen molar-refractivity contribution in [3.8, 4) is 0 Å². The maximum Gasteiger partial charge on any atom is 0.247 e. The minimum absolute atomic E-state index is 0.0241. The molecule has 1 spiro atoms. The van der Waals surface area contributed by atoms with Crippen molar-refractivity contribution in [3.63, 3.8) is 0 Å². The summed E-state index contributed by atoms with van der Waals surface area (Å²) in [4.78, 5) is 50.5. The molecule has 0 radical (unpaired) electrons. The van der Waals surface area contributed by atoms with Crippen LogP contribution in [-0.4, -0.2) is 131 Å². The number of aliphatic hydroxyl groups is 1. The molecule has 4 aliphatic rings. The summed E-state index contributed by atoms with van der Waals surface area (Å²) in [6.07, 6.45) is 8.14. The summed E-state index contributed by atoms with van der Waals surface area (Å²) in [5.74, 6) is -0.926. The summed E-state index contributed by atoms with van der Waals surface area (Å²) >= 11 is 1.73. The number of fused-ring (bicyclic) bond motifs is 1. The molecule has 5 atom stereocenters. The second kappa shape index (κ2) is 14.3. The van der Waals surface area contributed by atoms with E-state index in [4.69, 9.17) is 4.74 Å². The van der Waals surface area contributed by atoms with Crippen molar-refractivity contribution in [2.45, 2.75) is 61.5 Å². The van der Waals surface area contributed by atoms with Gasteiger partial charge in [0, 0.05) is 64.2 Å². The Hall–Kier alpha value is -1.88. The quantitative estimate of drug-likeness (QED) is 0.222. The standard InChI is InChI=1S/C30H48N4O5S/c1-4-12-32(13-5-2)27(36)24-23-10-11-30(40-23)25(24)28(37)34(15-8-7-9-20-35)26(30)29(38)33(14-6-3)17-16-31-18-21-39-22-19-31/h4,6,23-26,35H,1,3,5,7-22H2,2H3/t23-,24+,25-,26?,30?/m0/s1. The molecule has 3 amide bonds. The van der Waals surface area contributed by atoms with Gasteiger partial charge in [0.1, 0.15) is 6.04 Å². The topological polar surface area (TPSA) is 93.6 Å². The maximum atomic E-state index is 14.5. The van der Waals surface area contributed by atoms with Crippen molar-refractivity contribution in [1.29, 1.82) is 0 Å². The fourth-order valence-corrected chi connectivity index (χ4v) is 9.37. The van der Waals surface area contributed by atoms with Gasteiger partial charge in [0.15, 0.2) is 0 Å². The molecule has 4 aliphatic heterocycles. The number of thioether (sulfide) groups is 1. The summed E-state index contributed by atoms with van der Waals surface area (Å²) in [6, 6.07) is -0.587. The number of nitrogens with zero attached hydrogens (tertiary/aromatic N) is 4. The first-order valence-electron chi connectivity index (χ1n) is 15.1. The number of unbranched alkanes of at least 4 members (excludes halogenated alkanes) is 2. The molecule has 10 heteroatoms. The number of carbonyl (C=O) groups is 3. The molecule has 9 nitrogen and oxygen atoms in total. The fraction of sp³-hybridized carbons (Fsp3) is 0.767. The average molecular weight is 577 g/mol. The molecule has 2 bridgehead atoms. The number of morpholine rings is 1. The van der Waals surface area contributed by atoms with Gasteiger partial charge < -0.3 is 24.5 Å². The number of rotatable bonds is 16. The van der Waals surface area contributed by atoms with E-state index in [-0.39, 0.29) is 29.6 Å². The predicted octanol–water partition coefficient (Wildman–Crippen LogP) is 2.01. The van der Waals surface area contributed by atoms with E-state index in [2.05, 4.69) is 25.0 Å². The van der Waals surface area contributed by atoms with E-state index < -0.39 is 22.6 Å². The highest BCUT2D eigenvalue weighted by Gasteiger charge is 2.73. The molecule has 0 aromatic carbocycles. The van der Waals surface area contributed by atoms with Crippen LogP contribution in [0.4, 0.5) is 0 Å². The van der Waals surface area contributed by atoms with E-state index in [1.165, 1.54) is 0 Å². The van der Waals surface area contributed by atoms with Gasteiger partial charge in [0.25, 0.3) is 0 Å². The molecule has 0 aromatic rings. The lowest BCUT2D eigenvalue weighted by atomic mass is 9.70. The van der Waals surface area contributed by atoms with Gasteiger partial charge >= 0.3 is 0 Å². The van der Waals surface area contributed by atoms with Gasteiger partial charge in [-0.05, 0) is 38.5 Å². The van der Waals surface area contributed by atoms with Gasteiger partial charge in [-0.25, -0.2) is 0 Å². The third-order valence-electron chi connectivity index (χ3n) is 8.98. The van der Waals surface area contributed by atoms with Crippen LogP contribution in [0.3, 0.4) is 0 Å². The molecule has 4 heterocycles. The highest BCUT2D eigenvalue weighted by molar-refractivity contribution is 8.02. The van der Waals surface area contributed by atoms with E-state index in [0.717, 1.165) is 51.7 Å². The number of ether oxygens (including phenoxy) is 1. The molecular weight excluding hydrogens is 528 g/mol. The summed E-state index contributed by atoms with van der Waals surface area (Å²) in [6.45, 7) is 16.3. The first-order valence-corrected chi connectivity index (χ1v) is 16.0. The van der Waals surface area contributed by atoms with Gasteiger partial charge in [-0.3, -0.25) is 19.3 Å². The molecular formula is C30H48N4O5S. The second-order valence-corrected chi connectivity index (χ2v) is 13.1. The second-order valence-electron chi connectivity index (χ2n) is 11.5. The third kappa shape index (κ3) is 6.15. The van der Waals surface area contributed by atoms with Crippen LogP contribution >= 0.6 is 11.8 Å². The van der Waals surface area contributed by atoms with Crippen LogP contribution in [0.1, 0.15) is 45.4 Å². The molecule has 224 valence electrons. The highest BCUT2D eigenvalue weighted by Crippen LogP contribution is 2.66. The number of likely N-dealkylation sites (tertiary alicyclic amines) is 1. The molecule has 0 aliphatic carbocycles. The lowest BCUT2D eigenvalue weighted by molar-refractivity contribution is -0.144. The van der Waals surface area contributed by atoms with Crippen LogP contribution < -0.4 is 0 Å². The first kappa shape index (κ1) is 31.1. The van der Waals surface area contributed by atoms with Crippen molar-refractivity contribution >= 4 is 29.5 Å². The van der Waals surface area contributed by atoms with E-state index in [9.17, 15) is 19.5 Å². The molecule has 40 heavy (non-hydrogen) atoms. The monoisotopic (exact) mass is 576 g/mol.